The molecule has 16 heavy (non-hydrogen) atoms. The Morgan fingerprint density at radius 1 is 1.25 bits per heavy atom. The molecule has 6 heteroatoms. The third kappa shape index (κ3) is 3.32. The van der Waals surface area contributed by atoms with E-state index in [1.807, 2.05) is 6.92 Å². The molecule has 0 saturated carbocycles. The fraction of sp³-hybridized carbons (Fsp3) is 0.600. The molecule has 1 heterocycles. The minimum atomic E-state index is -0.780. The monoisotopic (exact) mass is 226 g/mol. The van der Waals surface area contributed by atoms with Crippen LogP contribution in [0.2, 0.25) is 0 Å². The lowest BCUT2D eigenvalue weighted by molar-refractivity contribution is 0.147. The van der Waals surface area contributed by atoms with Gasteiger partial charge in [-0.05, 0) is 13.8 Å². The van der Waals surface area contributed by atoms with Crippen LogP contribution in [0.15, 0.2) is 12.4 Å². The van der Waals surface area contributed by atoms with Crippen LogP contribution in [0, 0.1) is 0 Å². The average Bonchev–Trinajstić information content (AvgIpc) is 2.30. The predicted molar refractivity (Wildman–Crippen MR) is 62.4 cm³/mol. The molecule has 0 aliphatic carbocycles. The van der Waals surface area contributed by atoms with E-state index in [0.717, 1.165) is 6.54 Å². The van der Waals surface area contributed by atoms with E-state index in [0.29, 0.717) is 11.6 Å². The SMILES string of the molecule is CCNc1cc(NC(C)(CO)CO)ncn1. The molecule has 1 rings (SSSR count). The number of anilines is 2. The average molecular weight is 226 g/mol. The number of nitrogens with zero attached hydrogens (tertiary/aromatic N) is 2. The largest absolute Gasteiger partial charge is 0.394 e. The fourth-order valence-corrected chi connectivity index (χ4v) is 1.14. The van der Waals surface area contributed by atoms with Crippen LogP contribution in [-0.4, -0.2) is 45.5 Å². The van der Waals surface area contributed by atoms with Gasteiger partial charge in [0.2, 0.25) is 0 Å². The molecule has 1 aromatic rings. The van der Waals surface area contributed by atoms with E-state index in [2.05, 4.69) is 20.6 Å². The lowest BCUT2D eigenvalue weighted by Crippen LogP contribution is -2.42. The number of aliphatic hydroxyl groups excluding tert-OH is 2. The quantitative estimate of drug-likeness (QED) is 0.548. The number of hydrogen-bond donors (Lipinski definition) is 4. The molecule has 0 aliphatic heterocycles. The topological polar surface area (TPSA) is 90.3 Å². The van der Waals surface area contributed by atoms with Gasteiger partial charge in [0.15, 0.2) is 0 Å². The van der Waals surface area contributed by atoms with Crippen molar-refractivity contribution in [2.75, 3.05) is 30.4 Å². The van der Waals surface area contributed by atoms with Crippen LogP contribution < -0.4 is 10.6 Å². The van der Waals surface area contributed by atoms with Crippen molar-refractivity contribution < 1.29 is 10.2 Å². The molecule has 0 saturated heterocycles. The van der Waals surface area contributed by atoms with E-state index in [1.54, 1.807) is 13.0 Å². The van der Waals surface area contributed by atoms with E-state index < -0.39 is 5.54 Å². The summed E-state index contributed by atoms with van der Waals surface area (Å²) in [6.45, 7) is 4.10. The summed E-state index contributed by atoms with van der Waals surface area (Å²) in [6.07, 6.45) is 1.43. The van der Waals surface area contributed by atoms with Gasteiger partial charge in [-0.1, -0.05) is 0 Å². The minimum Gasteiger partial charge on any atom is -0.394 e. The van der Waals surface area contributed by atoms with E-state index in [9.17, 15) is 0 Å². The Labute approximate surface area is 94.7 Å². The lowest BCUT2D eigenvalue weighted by Gasteiger charge is -2.26. The first-order valence-corrected chi connectivity index (χ1v) is 5.19. The molecule has 0 aromatic carbocycles. The number of rotatable bonds is 6. The highest BCUT2D eigenvalue weighted by Gasteiger charge is 2.22. The Bertz CT molecular complexity index is 328. The van der Waals surface area contributed by atoms with Gasteiger partial charge >= 0.3 is 0 Å². The maximum absolute atomic E-state index is 9.14. The molecule has 0 bridgehead atoms. The standard InChI is InChI=1S/C10H18N4O2/c1-3-11-8-4-9(13-7-12-8)14-10(2,5-15)6-16/h4,7,15-16H,3,5-6H2,1-2H3,(H2,11,12,13,14). The zero-order chi connectivity index (χ0) is 12.0. The van der Waals surface area contributed by atoms with Crippen molar-refractivity contribution in [1.29, 1.82) is 0 Å². The highest BCUT2D eigenvalue weighted by molar-refractivity contribution is 5.47. The summed E-state index contributed by atoms with van der Waals surface area (Å²) in [6, 6.07) is 1.73. The zero-order valence-corrected chi connectivity index (χ0v) is 9.56. The Morgan fingerprint density at radius 3 is 2.44 bits per heavy atom. The van der Waals surface area contributed by atoms with Crippen LogP contribution in [0.5, 0.6) is 0 Å². The molecule has 0 atom stereocenters. The van der Waals surface area contributed by atoms with Gasteiger partial charge in [0.05, 0.1) is 18.8 Å². The summed E-state index contributed by atoms with van der Waals surface area (Å²) in [5.41, 5.74) is -0.780. The molecule has 0 radical (unpaired) electrons. The molecule has 0 amide bonds. The van der Waals surface area contributed by atoms with Gasteiger partial charge in [-0.15, -0.1) is 0 Å². The van der Waals surface area contributed by atoms with Crippen LogP contribution in [0.3, 0.4) is 0 Å². The maximum Gasteiger partial charge on any atom is 0.132 e. The second-order valence-corrected chi connectivity index (χ2v) is 3.82. The first-order chi connectivity index (χ1) is 7.63. The summed E-state index contributed by atoms with van der Waals surface area (Å²) in [5.74, 6) is 1.27. The summed E-state index contributed by atoms with van der Waals surface area (Å²) in [4.78, 5) is 8.04. The normalized spacial score (nSPS) is 11.2. The number of hydrogen-bond acceptors (Lipinski definition) is 6. The fourth-order valence-electron chi connectivity index (χ4n) is 1.14. The molecular weight excluding hydrogens is 208 g/mol. The molecule has 0 spiro atoms. The van der Waals surface area contributed by atoms with E-state index >= 15 is 0 Å². The zero-order valence-electron chi connectivity index (χ0n) is 9.56. The maximum atomic E-state index is 9.14. The Kier molecular flexibility index (Phi) is 4.45. The third-order valence-electron chi connectivity index (χ3n) is 2.15. The molecule has 0 unspecified atom stereocenters. The van der Waals surface area contributed by atoms with E-state index in [1.165, 1.54) is 6.33 Å². The minimum absolute atomic E-state index is 0.177. The van der Waals surface area contributed by atoms with Crippen molar-refractivity contribution in [3.05, 3.63) is 12.4 Å². The van der Waals surface area contributed by atoms with Gasteiger partial charge in [0.1, 0.15) is 18.0 Å². The van der Waals surface area contributed by atoms with Gasteiger partial charge in [-0.3, -0.25) is 0 Å². The summed E-state index contributed by atoms with van der Waals surface area (Å²) >= 11 is 0. The van der Waals surface area contributed by atoms with Gasteiger partial charge in [-0.2, -0.15) is 0 Å². The molecule has 6 nitrogen and oxygen atoms in total. The van der Waals surface area contributed by atoms with Crippen molar-refractivity contribution in [3.63, 3.8) is 0 Å². The number of nitrogens with one attached hydrogen (secondary N) is 2. The molecule has 0 aliphatic rings. The van der Waals surface area contributed by atoms with Crippen molar-refractivity contribution in [2.45, 2.75) is 19.4 Å². The second-order valence-electron chi connectivity index (χ2n) is 3.82. The van der Waals surface area contributed by atoms with Crippen molar-refractivity contribution in [3.8, 4) is 0 Å². The molecule has 1 aromatic heterocycles. The first kappa shape index (κ1) is 12.7. The van der Waals surface area contributed by atoms with Gasteiger partial charge < -0.3 is 20.8 Å². The summed E-state index contributed by atoms with van der Waals surface area (Å²) in [7, 11) is 0. The number of aromatic nitrogens is 2. The third-order valence-corrected chi connectivity index (χ3v) is 2.15. The predicted octanol–water partition coefficient (Wildman–Crippen LogP) is 0.0636. The highest BCUT2D eigenvalue weighted by Crippen LogP contribution is 2.14. The summed E-state index contributed by atoms with van der Waals surface area (Å²) < 4.78 is 0. The van der Waals surface area contributed by atoms with Crippen LogP contribution in [0.4, 0.5) is 11.6 Å². The molecule has 0 fully saturated rings. The Morgan fingerprint density at radius 2 is 1.88 bits per heavy atom. The van der Waals surface area contributed by atoms with Crippen molar-refractivity contribution in [2.24, 2.45) is 0 Å². The van der Waals surface area contributed by atoms with Crippen LogP contribution in [-0.2, 0) is 0 Å². The van der Waals surface area contributed by atoms with Gasteiger partial charge in [0.25, 0.3) is 0 Å². The number of aliphatic hydroxyl groups is 2. The lowest BCUT2D eigenvalue weighted by atomic mass is 10.1. The Hall–Kier alpha value is -1.40. The van der Waals surface area contributed by atoms with Crippen LogP contribution >= 0.6 is 0 Å². The van der Waals surface area contributed by atoms with E-state index in [-0.39, 0.29) is 13.2 Å². The van der Waals surface area contributed by atoms with Crippen molar-refractivity contribution in [1.82, 2.24) is 9.97 Å². The van der Waals surface area contributed by atoms with Gasteiger partial charge in [0, 0.05) is 12.6 Å². The van der Waals surface area contributed by atoms with E-state index in [4.69, 9.17) is 10.2 Å². The van der Waals surface area contributed by atoms with Gasteiger partial charge in [-0.25, -0.2) is 9.97 Å². The Balaban J connectivity index is 2.76. The summed E-state index contributed by atoms with van der Waals surface area (Å²) in [5, 5.41) is 24.3. The first-order valence-electron chi connectivity index (χ1n) is 5.19. The molecule has 4 N–H and O–H groups in total. The van der Waals surface area contributed by atoms with Crippen molar-refractivity contribution >= 4 is 11.6 Å². The second kappa shape index (κ2) is 5.62. The molecular formula is C10H18N4O2. The molecule has 90 valence electrons. The van der Waals surface area contributed by atoms with Crippen LogP contribution in [0.1, 0.15) is 13.8 Å². The highest BCUT2D eigenvalue weighted by atomic mass is 16.3. The smallest absolute Gasteiger partial charge is 0.132 e. The van der Waals surface area contributed by atoms with Crippen LogP contribution in [0.25, 0.3) is 0 Å².